The lowest BCUT2D eigenvalue weighted by molar-refractivity contribution is -0.128. The number of rotatable bonds is 2. The minimum atomic E-state index is -0.448. The van der Waals surface area contributed by atoms with Crippen molar-refractivity contribution in [1.82, 2.24) is 9.80 Å². The molecule has 19 heavy (non-hydrogen) atoms. The molecule has 0 radical (unpaired) electrons. The maximum Gasteiger partial charge on any atom is 0.410 e. The van der Waals surface area contributed by atoms with Crippen LogP contribution in [0.15, 0.2) is 0 Å². The van der Waals surface area contributed by atoms with Crippen molar-refractivity contribution >= 4 is 27.9 Å². The van der Waals surface area contributed by atoms with E-state index < -0.39 is 5.60 Å². The fourth-order valence-electron chi connectivity index (χ4n) is 2.37. The summed E-state index contributed by atoms with van der Waals surface area (Å²) in [7, 11) is 0. The van der Waals surface area contributed by atoms with Crippen molar-refractivity contribution in [2.24, 2.45) is 5.92 Å². The number of ether oxygens (including phenoxy) is 1. The van der Waals surface area contributed by atoms with Gasteiger partial charge in [0.1, 0.15) is 5.60 Å². The number of hydrogen-bond donors (Lipinski definition) is 0. The van der Waals surface area contributed by atoms with Crippen molar-refractivity contribution < 1.29 is 14.3 Å². The van der Waals surface area contributed by atoms with Crippen LogP contribution in [0.5, 0.6) is 0 Å². The molecule has 2 saturated heterocycles. The van der Waals surface area contributed by atoms with Crippen LogP contribution in [0.3, 0.4) is 0 Å². The van der Waals surface area contributed by atoms with Gasteiger partial charge >= 0.3 is 6.09 Å². The quantitative estimate of drug-likeness (QED) is 0.725. The summed E-state index contributed by atoms with van der Waals surface area (Å²) < 4.78 is 5.30. The van der Waals surface area contributed by atoms with Gasteiger partial charge in [-0.1, -0.05) is 15.9 Å². The Balaban J connectivity index is 1.72. The van der Waals surface area contributed by atoms with Crippen LogP contribution in [-0.2, 0) is 9.53 Å². The molecule has 2 amide bonds. The molecule has 0 aromatic heterocycles. The first kappa shape index (κ1) is 14.6. The molecule has 2 aliphatic rings. The first-order valence-electron chi connectivity index (χ1n) is 6.64. The SMILES string of the molecule is CC(C)(C)OC(=O)N1CC(CN2CC(Br)CC2=O)C1. The third-order valence-corrected chi connectivity index (χ3v) is 3.87. The van der Waals surface area contributed by atoms with E-state index in [4.69, 9.17) is 4.74 Å². The molecule has 2 rings (SSSR count). The maximum atomic E-state index is 11.8. The summed E-state index contributed by atoms with van der Waals surface area (Å²) >= 11 is 3.47. The Labute approximate surface area is 122 Å². The summed E-state index contributed by atoms with van der Waals surface area (Å²) in [6.45, 7) is 8.49. The molecule has 108 valence electrons. The van der Waals surface area contributed by atoms with Crippen molar-refractivity contribution in [2.45, 2.75) is 37.6 Å². The van der Waals surface area contributed by atoms with E-state index in [9.17, 15) is 9.59 Å². The number of amides is 2. The van der Waals surface area contributed by atoms with E-state index in [2.05, 4.69) is 15.9 Å². The molecular formula is C13H21BrN2O3. The molecule has 0 N–H and O–H groups in total. The monoisotopic (exact) mass is 332 g/mol. The summed E-state index contributed by atoms with van der Waals surface area (Å²) in [5.74, 6) is 0.590. The molecule has 0 aromatic rings. The predicted octanol–water partition coefficient (Wildman–Crippen LogP) is 1.85. The number of likely N-dealkylation sites (tertiary alicyclic amines) is 2. The van der Waals surface area contributed by atoms with Gasteiger partial charge in [-0.15, -0.1) is 0 Å². The fraction of sp³-hybridized carbons (Fsp3) is 0.846. The Morgan fingerprint density at radius 3 is 2.47 bits per heavy atom. The van der Waals surface area contributed by atoms with Gasteiger partial charge in [0.05, 0.1) is 0 Å². The standard InChI is InChI=1S/C13H21BrN2O3/c1-13(2,3)19-12(18)16-6-9(7-16)5-15-8-10(14)4-11(15)17/h9-10H,4-8H2,1-3H3. The molecule has 0 aliphatic carbocycles. The Kier molecular flexibility index (Phi) is 4.08. The van der Waals surface area contributed by atoms with Gasteiger partial charge < -0.3 is 14.5 Å². The van der Waals surface area contributed by atoms with Gasteiger partial charge in [0.25, 0.3) is 0 Å². The maximum absolute atomic E-state index is 11.8. The van der Waals surface area contributed by atoms with Crippen molar-refractivity contribution in [2.75, 3.05) is 26.2 Å². The number of carbonyl (C=O) groups is 2. The van der Waals surface area contributed by atoms with E-state index in [0.717, 1.165) is 13.1 Å². The predicted molar refractivity (Wildman–Crippen MR) is 75.2 cm³/mol. The number of hydrogen-bond acceptors (Lipinski definition) is 3. The van der Waals surface area contributed by atoms with Gasteiger partial charge in [0, 0.05) is 43.3 Å². The smallest absolute Gasteiger partial charge is 0.410 e. The topological polar surface area (TPSA) is 49.9 Å². The Bertz CT molecular complexity index is 375. The molecule has 2 fully saturated rings. The first-order valence-corrected chi connectivity index (χ1v) is 7.56. The van der Waals surface area contributed by atoms with Crippen LogP contribution in [0.4, 0.5) is 4.79 Å². The Morgan fingerprint density at radius 2 is 2.00 bits per heavy atom. The van der Waals surface area contributed by atoms with Crippen LogP contribution in [0, 0.1) is 5.92 Å². The Hall–Kier alpha value is -0.780. The summed E-state index contributed by atoms with van der Waals surface area (Å²) in [6.07, 6.45) is 0.331. The fourth-order valence-corrected chi connectivity index (χ4v) is 3.00. The van der Waals surface area contributed by atoms with Gasteiger partial charge in [0.15, 0.2) is 0 Å². The highest BCUT2D eigenvalue weighted by Crippen LogP contribution is 2.24. The van der Waals surface area contributed by atoms with Crippen molar-refractivity contribution in [3.05, 3.63) is 0 Å². The zero-order chi connectivity index (χ0) is 14.2. The van der Waals surface area contributed by atoms with Crippen LogP contribution in [0.1, 0.15) is 27.2 Å². The van der Waals surface area contributed by atoms with Gasteiger partial charge in [-0.05, 0) is 20.8 Å². The minimum Gasteiger partial charge on any atom is -0.444 e. The molecule has 2 aliphatic heterocycles. The van der Waals surface area contributed by atoms with Gasteiger partial charge in [-0.25, -0.2) is 4.79 Å². The molecule has 1 atom stereocenters. The van der Waals surface area contributed by atoms with Crippen LogP contribution in [0.25, 0.3) is 0 Å². The average molecular weight is 333 g/mol. The molecule has 6 heteroatoms. The van der Waals surface area contributed by atoms with Gasteiger partial charge in [-0.3, -0.25) is 4.79 Å². The summed E-state index contributed by atoms with van der Waals surface area (Å²) in [4.78, 5) is 27.3. The van der Waals surface area contributed by atoms with E-state index in [0.29, 0.717) is 25.4 Å². The summed E-state index contributed by atoms with van der Waals surface area (Å²) in [5.41, 5.74) is -0.448. The minimum absolute atomic E-state index is 0.206. The van der Waals surface area contributed by atoms with Crippen LogP contribution < -0.4 is 0 Å². The largest absolute Gasteiger partial charge is 0.444 e. The van der Waals surface area contributed by atoms with Crippen LogP contribution in [-0.4, -0.2) is 58.4 Å². The van der Waals surface area contributed by atoms with Crippen molar-refractivity contribution in [3.8, 4) is 0 Å². The molecule has 0 saturated carbocycles. The van der Waals surface area contributed by atoms with Crippen LogP contribution >= 0.6 is 15.9 Å². The second-order valence-electron chi connectivity index (χ2n) is 6.35. The lowest BCUT2D eigenvalue weighted by Gasteiger charge is -2.41. The average Bonchev–Trinajstić information content (AvgIpc) is 2.47. The van der Waals surface area contributed by atoms with Gasteiger partial charge in [0.2, 0.25) is 5.91 Å². The second kappa shape index (κ2) is 5.31. The lowest BCUT2D eigenvalue weighted by Crippen LogP contribution is -2.55. The first-order chi connectivity index (χ1) is 8.74. The molecule has 1 unspecified atom stereocenters. The highest BCUT2D eigenvalue weighted by molar-refractivity contribution is 9.09. The number of nitrogens with zero attached hydrogens (tertiary/aromatic N) is 2. The van der Waals surface area contributed by atoms with E-state index in [1.54, 1.807) is 4.90 Å². The molecule has 2 heterocycles. The van der Waals surface area contributed by atoms with Crippen molar-refractivity contribution in [1.29, 1.82) is 0 Å². The van der Waals surface area contributed by atoms with Crippen molar-refractivity contribution in [3.63, 3.8) is 0 Å². The number of alkyl halides is 1. The zero-order valence-electron chi connectivity index (χ0n) is 11.7. The van der Waals surface area contributed by atoms with E-state index in [-0.39, 0.29) is 16.8 Å². The summed E-state index contributed by atoms with van der Waals surface area (Å²) in [5, 5.41) is 0. The van der Waals surface area contributed by atoms with E-state index in [1.165, 1.54) is 0 Å². The van der Waals surface area contributed by atoms with Crippen LogP contribution in [0.2, 0.25) is 0 Å². The molecule has 0 aromatic carbocycles. The van der Waals surface area contributed by atoms with E-state index in [1.807, 2.05) is 25.7 Å². The highest BCUT2D eigenvalue weighted by atomic mass is 79.9. The summed E-state index contributed by atoms with van der Waals surface area (Å²) in [6, 6.07) is 0. The zero-order valence-corrected chi connectivity index (χ0v) is 13.3. The highest BCUT2D eigenvalue weighted by Gasteiger charge is 2.37. The lowest BCUT2D eigenvalue weighted by atomic mass is 10.0. The molecular weight excluding hydrogens is 312 g/mol. The number of carbonyl (C=O) groups excluding carboxylic acids is 2. The number of halogens is 1. The molecule has 0 spiro atoms. The third kappa shape index (κ3) is 3.84. The Morgan fingerprint density at radius 1 is 1.37 bits per heavy atom. The third-order valence-electron chi connectivity index (χ3n) is 3.25. The molecule has 5 nitrogen and oxygen atoms in total. The molecule has 0 bridgehead atoms. The second-order valence-corrected chi connectivity index (χ2v) is 7.65. The van der Waals surface area contributed by atoms with Gasteiger partial charge in [-0.2, -0.15) is 0 Å². The van der Waals surface area contributed by atoms with E-state index >= 15 is 0 Å². The normalized spacial score (nSPS) is 24.6.